The summed E-state index contributed by atoms with van der Waals surface area (Å²) >= 11 is 0. The van der Waals surface area contributed by atoms with Crippen molar-refractivity contribution in [3.8, 4) is 0 Å². The van der Waals surface area contributed by atoms with Crippen molar-refractivity contribution >= 4 is 0 Å². The van der Waals surface area contributed by atoms with Gasteiger partial charge < -0.3 is 10.6 Å². The smallest absolute Gasteiger partial charge is 0.264 e. The summed E-state index contributed by atoms with van der Waals surface area (Å²) in [5.74, 6) is 0. The Balaban J connectivity index is 2.23. The molecular formula is C11H20N4O. The maximum absolute atomic E-state index is 10.8. The molecule has 0 radical (unpaired) electrons. The summed E-state index contributed by atoms with van der Waals surface area (Å²) in [5.41, 5.74) is 0.684. The molecule has 1 aromatic heterocycles. The Morgan fingerprint density at radius 1 is 1.50 bits per heavy atom. The van der Waals surface area contributed by atoms with Crippen LogP contribution in [0.1, 0.15) is 26.0 Å². The molecule has 90 valence electrons. The fourth-order valence-corrected chi connectivity index (χ4v) is 1.32. The van der Waals surface area contributed by atoms with Gasteiger partial charge in [0.05, 0.1) is 5.69 Å². The second kappa shape index (κ2) is 7.14. The second-order valence-corrected chi connectivity index (χ2v) is 3.90. The number of H-pyrrole nitrogens is 1. The zero-order chi connectivity index (χ0) is 11.8. The van der Waals surface area contributed by atoms with E-state index in [1.54, 1.807) is 6.07 Å². The standard InChI is InChI=1S/C11H20N4O/c1-3-6-12-7-9(2)13-8-10-4-5-11(16)15-14-10/h4-5,9,12-13H,3,6-8H2,1-2H3,(H,15,16). The zero-order valence-corrected chi connectivity index (χ0v) is 9.92. The lowest BCUT2D eigenvalue weighted by Gasteiger charge is -2.13. The lowest BCUT2D eigenvalue weighted by molar-refractivity contribution is 0.496. The molecule has 0 fully saturated rings. The summed E-state index contributed by atoms with van der Waals surface area (Å²) in [6, 6.07) is 3.61. The highest BCUT2D eigenvalue weighted by Gasteiger charge is 2.01. The first kappa shape index (κ1) is 12.9. The Bertz CT molecular complexity index is 330. The van der Waals surface area contributed by atoms with Gasteiger partial charge in [0.1, 0.15) is 0 Å². The first-order chi connectivity index (χ1) is 7.72. The van der Waals surface area contributed by atoms with Crippen molar-refractivity contribution in [2.24, 2.45) is 0 Å². The maximum Gasteiger partial charge on any atom is 0.264 e. The molecule has 1 aromatic rings. The quantitative estimate of drug-likeness (QED) is 0.581. The molecule has 1 atom stereocenters. The van der Waals surface area contributed by atoms with Gasteiger partial charge in [-0.05, 0) is 26.0 Å². The summed E-state index contributed by atoms with van der Waals surface area (Å²) in [7, 11) is 0. The van der Waals surface area contributed by atoms with E-state index in [0.717, 1.165) is 25.2 Å². The molecule has 16 heavy (non-hydrogen) atoms. The molecule has 0 aliphatic carbocycles. The van der Waals surface area contributed by atoms with Gasteiger partial charge in [0, 0.05) is 25.2 Å². The van der Waals surface area contributed by atoms with E-state index in [1.165, 1.54) is 6.07 Å². The summed E-state index contributed by atoms with van der Waals surface area (Å²) < 4.78 is 0. The van der Waals surface area contributed by atoms with Crippen LogP contribution in [0.3, 0.4) is 0 Å². The van der Waals surface area contributed by atoms with E-state index >= 15 is 0 Å². The minimum Gasteiger partial charge on any atom is -0.315 e. The first-order valence-corrected chi connectivity index (χ1v) is 5.71. The minimum absolute atomic E-state index is 0.165. The van der Waals surface area contributed by atoms with Crippen LogP contribution in [0, 0.1) is 0 Å². The van der Waals surface area contributed by atoms with Crippen LogP contribution in [0.4, 0.5) is 0 Å². The average Bonchev–Trinajstić information content (AvgIpc) is 2.29. The highest BCUT2D eigenvalue weighted by atomic mass is 16.1. The molecule has 0 aliphatic heterocycles. The Kier molecular flexibility index (Phi) is 5.74. The van der Waals surface area contributed by atoms with Crippen molar-refractivity contribution in [1.29, 1.82) is 0 Å². The molecule has 0 saturated heterocycles. The number of hydrogen-bond acceptors (Lipinski definition) is 4. The molecule has 0 spiro atoms. The van der Waals surface area contributed by atoms with Gasteiger partial charge in [-0.1, -0.05) is 6.92 Å². The van der Waals surface area contributed by atoms with Crippen molar-refractivity contribution in [3.63, 3.8) is 0 Å². The average molecular weight is 224 g/mol. The molecule has 5 nitrogen and oxygen atoms in total. The molecule has 0 aromatic carbocycles. The fourth-order valence-electron chi connectivity index (χ4n) is 1.32. The van der Waals surface area contributed by atoms with Crippen LogP contribution in [0.5, 0.6) is 0 Å². The number of rotatable bonds is 7. The zero-order valence-electron chi connectivity index (χ0n) is 9.92. The largest absolute Gasteiger partial charge is 0.315 e. The van der Waals surface area contributed by atoms with Gasteiger partial charge in [0.25, 0.3) is 5.56 Å². The number of aromatic amines is 1. The summed E-state index contributed by atoms with van der Waals surface area (Å²) in [6.45, 7) is 6.93. The topological polar surface area (TPSA) is 69.8 Å². The summed E-state index contributed by atoms with van der Waals surface area (Å²) in [5, 5.41) is 13.0. The van der Waals surface area contributed by atoms with Gasteiger partial charge in [-0.25, -0.2) is 5.10 Å². The van der Waals surface area contributed by atoms with Crippen LogP contribution in [-0.2, 0) is 6.54 Å². The predicted molar refractivity (Wildman–Crippen MR) is 64.3 cm³/mol. The van der Waals surface area contributed by atoms with E-state index in [2.05, 4.69) is 34.7 Å². The van der Waals surface area contributed by atoms with E-state index in [4.69, 9.17) is 0 Å². The van der Waals surface area contributed by atoms with E-state index in [1.807, 2.05) is 0 Å². The van der Waals surface area contributed by atoms with E-state index in [-0.39, 0.29) is 5.56 Å². The van der Waals surface area contributed by atoms with E-state index < -0.39 is 0 Å². The molecule has 3 N–H and O–H groups in total. The normalized spacial score (nSPS) is 12.6. The molecule has 1 unspecified atom stereocenters. The van der Waals surface area contributed by atoms with E-state index in [0.29, 0.717) is 12.6 Å². The number of nitrogens with one attached hydrogen (secondary N) is 3. The van der Waals surface area contributed by atoms with Gasteiger partial charge in [0.15, 0.2) is 0 Å². The van der Waals surface area contributed by atoms with Crippen LogP contribution in [0.15, 0.2) is 16.9 Å². The highest BCUT2D eigenvalue weighted by Crippen LogP contribution is 1.89. The molecule has 1 heterocycles. The number of hydrogen-bond donors (Lipinski definition) is 3. The molecule has 0 bridgehead atoms. The Morgan fingerprint density at radius 3 is 2.94 bits per heavy atom. The Hall–Kier alpha value is -1.20. The maximum atomic E-state index is 10.8. The van der Waals surface area contributed by atoms with Gasteiger partial charge in [-0.15, -0.1) is 0 Å². The molecule has 0 saturated carbocycles. The van der Waals surface area contributed by atoms with Crippen molar-refractivity contribution in [2.45, 2.75) is 32.9 Å². The van der Waals surface area contributed by atoms with Crippen molar-refractivity contribution in [1.82, 2.24) is 20.8 Å². The van der Waals surface area contributed by atoms with Gasteiger partial charge in [-0.2, -0.15) is 5.10 Å². The molecular weight excluding hydrogens is 204 g/mol. The number of aromatic nitrogens is 2. The summed E-state index contributed by atoms with van der Waals surface area (Å²) in [4.78, 5) is 10.8. The molecule has 1 rings (SSSR count). The third-order valence-corrected chi connectivity index (χ3v) is 2.25. The van der Waals surface area contributed by atoms with Crippen molar-refractivity contribution < 1.29 is 0 Å². The lowest BCUT2D eigenvalue weighted by Crippen LogP contribution is -2.36. The third kappa shape index (κ3) is 5.04. The van der Waals surface area contributed by atoms with Crippen molar-refractivity contribution in [3.05, 3.63) is 28.2 Å². The SMILES string of the molecule is CCCNCC(C)NCc1ccc(=O)[nH]n1. The molecule has 0 amide bonds. The van der Waals surface area contributed by atoms with Crippen molar-refractivity contribution in [2.75, 3.05) is 13.1 Å². The third-order valence-electron chi connectivity index (χ3n) is 2.25. The first-order valence-electron chi connectivity index (χ1n) is 5.71. The highest BCUT2D eigenvalue weighted by molar-refractivity contribution is 4.98. The Morgan fingerprint density at radius 2 is 2.31 bits per heavy atom. The van der Waals surface area contributed by atoms with E-state index in [9.17, 15) is 4.79 Å². The van der Waals surface area contributed by atoms with Crippen LogP contribution in [0.2, 0.25) is 0 Å². The van der Waals surface area contributed by atoms with Crippen LogP contribution in [0.25, 0.3) is 0 Å². The summed E-state index contributed by atoms with van der Waals surface area (Å²) in [6.07, 6.45) is 1.15. The molecule has 5 heteroatoms. The van der Waals surface area contributed by atoms with Crippen LogP contribution < -0.4 is 16.2 Å². The number of nitrogens with zero attached hydrogens (tertiary/aromatic N) is 1. The molecule has 0 aliphatic rings. The van der Waals surface area contributed by atoms with Gasteiger partial charge in [0.2, 0.25) is 0 Å². The van der Waals surface area contributed by atoms with Crippen LogP contribution >= 0.6 is 0 Å². The monoisotopic (exact) mass is 224 g/mol. The second-order valence-electron chi connectivity index (χ2n) is 3.90. The van der Waals surface area contributed by atoms with Crippen LogP contribution in [-0.4, -0.2) is 29.3 Å². The predicted octanol–water partition coefficient (Wildman–Crippen LogP) is 0.248. The fraction of sp³-hybridized carbons (Fsp3) is 0.636. The lowest BCUT2D eigenvalue weighted by atomic mass is 10.3. The van der Waals surface area contributed by atoms with Gasteiger partial charge in [-0.3, -0.25) is 4.79 Å². The minimum atomic E-state index is -0.165. The Labute approximate surface area is 95.7 Å². The van der Waals surface area contributed by atoms with Gasteiger partial charge >= 0.3 is 0 Å².